The van der Waals surface area contributed by atoms with Gasteiger partial charge < -0.3 is 4.79 Å². The molecule has 86 valence electrons. The molecular weight excluding hydrogens is 291 g/mol. The van der Waals surface area contributed by atoms with Gasteiger partial charge in [0, 0.05) is 22.4 Å². The molecule has 0 saturated heterocycles. The Bertz CT molecular complexity index is 429. The van der Waals surface area contributed by atoms with Crippen LogP contribution in [-0.4, -0.2) is 11.6 Å². The monoisotopic (exact) mass is 302 g/mol. The van der Waals surface area contributed by atoms with Crippen molar-refractivity contribution in [3.8, 4) is 0 Å². The van der Waals surface area contributed by atoms with Gasteiger partial charge in [0.1, 0.15) is 5.78 Å². The van der Waals surface area contributed by atoms with E-state index in [9.17, 15) is 9.59 Å². The Morgan fingerprint density at radius 1 is 1.44 bits per heavy atom. The molecule has 0 aliphatic carbocycles. The van der Waals surface area contributed by atoms with Gasteiger partial charge in [-0.05, 0) is 35.0 Å². The number of carbonyl (C=O) groups excluding carboxylic acids is 2. The fourth-order valence-corrected chi connectivity index (χ4v) is 1.88. The van der Waals surface area contributed by atoms with E-state index in [2.05, 4.69) is 15.9 Å². The number of carbonyl (C=O) groups is 2. The number of hydrogen-bond donors (Lipinski definition) is 0. The molecule has 1 atom stereocenters. The van der Waals surface area contributed by atoms with Crippen molar-refractivity contribution in [1.82, 2.24) is 0 Å². The van der Waals surface area contributed by atoms with Gasteiger partial charge in [0.2, 0.25) is 0 Å². The number of benzene rings is 1. The fourth-order valence-electron chi connectivity index (χ4n) is 1.46. The zero-order valence-electron chi connectivity index (χ0n) is 9.09. The van der Waals surface area contributed by atoms with E-state index >= 15 is 0 Å². The lowest BCUT2D eigenvalue weighted by Gasteiger charge is -2.08. The third-order valence-electron chi connectivity index (χ3n) is 2.25. The summed E-state index contributed by atoms with van der Waals surface area (Å²) in [6.07, 6.45) is 0.270. The zero-order valence-corrected chi connectivity index (χ0v) is 11.4. The number of Topliss-reactive ketones (excluding diaryl/α,β-unsaturated/α-hetero) is 2. The van der Waals surface area contributed by atoms with Crippen molar-refractivity contribution in [2.45, 2.75) is 20.3 Å². The van der Waals surface area contributed by atoms with Crippen LogP contribution in [0.4, 0.5) is 0 Å². The van der Waals surface area contributed by atoms with Crippen molar-refractivity contribution in [2.24, 2.45) is 5.92 Å². The molecule has 1 rings (SSSR count). The summed E-state index contributed by atoms with van der Waals surface area (Å²) in [5, 5.41) is 0.501. The fraction of sp³-hybridized carbons (Fsp3) is 0.333. The van der Waals surface area contributed by atoms with Gasteiger partial charge in [-0.1, -0.05) is 24.6 Å². The zero-order chi connectivity index (χ0) is 12.3. The van der Waals surface area contributed by atoms with Gasteiger partial charge in [0.05, 0.1) is 5.02 Å². The standard InChI is InChI=1S/C12H12BrClO2/c1-7(5-8(2)15)12(16)9-3-4-10(13)11(14)6-9/h3-4,6-7H,5H2,1-2H3. The SMILES string of the molecule is CC(=O)CC(C)C(=O)c1ccc(Br)c(Cl)c1. The number of halogens is 2. The van der Waals surface area contributed by atoms with Crippen molar-refractivity contribution in [2.75, 3.05) is 0 Å². The smallest absolute Gasteiger partial charge is 0.166 e. The second-order valence-electron chi connectivity index (χ2n) is 3.80. The second-order valence-corrected chi connectivity index (χ2v) is 5.06. The Morgan fingerprint density at radius 2 is 2.06 bits per heavy atom. The number of rotatable bonds is 4. The molecular formula is C12H12BrClO2. The molecule has 0 bridgehead atoms. The van der Waals surface area contributed by atoms with Crippen LogP contribution in [-0.2, 0) is 4.79 Å². The Morgan fingerprint density at radius 3 is 2.56 bits per heavy atom. The van der Waals surface area contributed by atoms with Gasteiger partial charge in [-0.15, -0.1) is 0 Å². The predicted octanol–water partition coefficient (Wildman–Crippen LogP) is 3.90. The molecule has 0 aromatic heterocycles. The quantitative estimate of drug-likeness (QED) is 0.791. The largest absolute Gasteiger partial charge is 0.300 e. The van der Waals surface area contributed by atoms with E-state index < -0.39 is 0 Å². The van der Waals surface area contributed by atoms with E-state index in [4.69, 9.17) is 11.6 Å². The topological polar surface area (TPSA) is 34.1 Å². The molecule has 0 heterocycles. The lowest BCUT2D eigenvalue weighted by Crippen LogP contribution is -2.14. The molecule has 0 amide bonds. The summed E-state index contributed by atoms with van der Waals surface area (Å²) >= 11 is 9.16. The molecule has 0 radical (unpaired) electrons. The van der Waals surface area contributed by atoms with Crippen molar-refractivity contribution in [3.05, 3.63) is 33.3 Å². The molecule has 16 heavy (non-hydrogen) atoms. The second kappa shape index (κ2) is 5.60. The molecule has 0 aliphatic heterocycles. The lowest BCUT2D eigenvalue weighted by atomic mass is 9.95. The first-order chi connectivity index (χ1) is 7.41. The minimum atomic E-state index is -0.297. The van der Waals surface area contributed by atoms with Crippen molar-refractivity contribution in [1.29, 1.82) is 0 Å². The number of hydrogen-bond acceptors (Lipinski definition) is 2. The molecule has 0 saturated carbocycles. The third kappa shape index (κ3) is 3.42. The van der Waals surface area contributed by atoms with Crippen LogP contribution < -0.4 is 0 Å². The van der Waals surface area contributed by atoms with Gasteiger partial charge in [-0.2, -0.15) is 0 Å². The maximum Gasteiger partial charge on any atom is 0.166 e. The van der Waals surface area contributed by atoms with Gasteiger partial charge in [0.25, 0.3) is 0 Å². The van der Waals surface area contributed by atoms with E-state index in [1.165, 1.54) is 6.92 Å². The molecule has 0 aliphatic rings. The Hall–Kier alpha value is -0.670. The van der Waals surface area contributed by atoms with E-state index in [0.717, 1.165) is 4.47 Å². The average Bonchev–Trinajstić information content (AvgIpc) is 2.20. The highest BCUT2D eigenvalue weighted by Gasteiger charge is 2.17. The summed E-state index contributed by atoms with van der Waals surface area (Å²) in [5.41, 5.74) is 0.543. The Balaban J connectivity index is 2.88. The summed E-state index contributed by atoms with van der Waals surface area (Å²) in [7, 11) is 0. The van der Waals surface area contributed by atoms with Crippen LogP contribution in [0.2, 0.25) is 5.02 Å². The molecule has 1 unspecified atom stereocenters. The molecule has 2 nitrogen and oxygen atoms in total. The van der Waals surface area contributed by atoms with Gasteiger partial charge >= 0.3 is 0 Å². The minimum absolute atomic E-state index is 0.0176. The number of ketones is 2. The highest BCUT2D eigenvalue weighted by Crippen LogP contribution is 2.24. The maximum atomic E-state index is 11.9. The molecule has 1 aromatic rings. The van der Waals surface area contributed by atoms with Crippen LogP contribution in [0.25, 0.3) is 0 Å². The van der Waals surface area contributed by atoms with Gasteiger partial charge in [-0.3, -0.25) is 4.79 Å². The molecule has 1 aromatic carbocycles. The van der Waals surface area contributed by atoms with Crippen LogP contribution in [0.15, 0.2) is 22.7 Å². The molecule has 4 heteroatoms. The van der Waals surface area contributed by atoms with Crippen LogP contribution in [0.3, 0.4) is 0 Å². The van der Waals surface area contributed by atoms with Gasteiger partial charge in [0.15, 0.2) is 5.78 Å². The van der Waals surface area contributed by atoms with Crippen LogP contribution in [0.1, 0.15) is 30.6 Å². The third-order valence-corrected chi connectivity index (χ3v) is 3.48. The van der Waals surface area contributed by atoms with E-state index in [0.29, 0.717) is 10.6 Å². The normalized spacial score (nSPS) is 12.2. The van der Waals surface area contributed by atoms with Crippen LogP contribution in [0, 0.1) is 5.92 Å². The first kappa shape index (κ1) is 13.4. The van der Waals surface area contributed by atoms with Crippen molar-refractivity contribution < 1.29 is 9.59 Å². The summed E-state index contributed by atoms with van der Waals surface area (Å²) in [4.78, 5) is 22.8. The highest BCUT2D eigenvalue weighted by molar-refractivity contribution is 9.10. The van der Waals surface area contributed by atoms with Gasteiger partial charge in [-0.25, -0.2) is 0 Å². The summed E-state index contributed by atoms with van der Waals surface area (Å²) in [6, 6.07) is 5.05. The van der Waals surface area contributed by atoms with Crippen LogP contribution in [0.5, 0.6) is 0 Å². The molecule has 0 N–H and O–H groups in total. The average molecular weight is 304 g/mol. The summed E-state index contributed by atoms with van der Waals surface area (Å²) in [6.45, 7) is 3.23. The highest BCUT2D eigenvalue weighted by atomic mass is 79.9. The predicted molar refractivity (Wildman–Crippen MR) is 67.9 cm³/mol. The summed E-state index contributed by atoms with van der Waals surface area (Å²) < 4.78 is 0.755. The lowest BCUT2D eigenvalue weighted by molar-refractivity contribution is -0.117. The minimum Gasteiger partial charge on any atom is -0.300 e. The summed E-state index contributed by atoms with van der Waals surface area (Å²) in [5.74, 6) is -0.330. The van der Waals surface area contributed by atoms with E-state index in [1.54, 1.807) is 25.1 Å². The van der Waals surface area contributed by atoms with Crippen LogP contribution >= 0.6 is 27.5 Å². The Kier molecular flexibility index (Phi) is 4.69. The maximum absolute atomic E-state index is 11.9. The van der Waals surface area contributed by atoms with Crippen molar-refractivity contribution in [3.63, 3.8) is 0 Å². The van der Waals surface area contributed by atoms with E-state index in [-0.39, 0.29) is 23.9 Å². The first-order valence-electron chi connectivity index (χ1n) is 4.90. The molecule has 0 fully saturated rings. The Labute approximate surface area is 108 Å². The van der Waals surface area contributed by atoms with Crippen molar-refractivity contribution >= 4 is 39.1 Å². The molecule has 0 spiro atoms. The first-order valence-corrected chi connectivity index (χ1v) is 6.07. The van der Waals surface area contributed by atoms with E-state index in [1.807, 2.05) is 0 Å².